The molecule has 0 spiro atoms. The number of rotatable bonds is 2. The summed E-state index contributed by atoms with van der Waals surface area (Å²) in [6, 6.07) is 12.3. The molecule has 110 valence electrons. The molecule has 0 aromatic heterocycles. The van der Waals surface area contributed by atoms with Crippen molar-refractivity contribution in [1.29, 1.82) is 0 Å². The number of benzene rings is 2. The van der Waals surface area contributed by atoms with Crippen molar-refractivity contribution in [3.63, 3.8) is 0 Å². The summed E-state index contributed by atoms with van der Waals surface area (Å²) < 4.78 is 26.9. The lowest BCUT2D eigenvalue weighted by atomic mass is 9.96. The summed E-state index contributed by atoms with van der Waals surface area (Å²) in [5.41, 5.74) is 1.25. The topological polar surface area (TPSA) is 86.6 Å². The summed E-state index contributed by atoms with van der Waals surface area (Å²) in [5, 5.41) is 19.7. The van der Waals surface area contributed by atoms with Gasteiger partial charge in [-0.2, -0.15) is 0 Å². The molecule has 0 bridgehead atoms. The van der Waals surface area contributed by atoms with E-state index < -0.39 is 22.2 Å². The number of phenolic OH excluding ortho intramolecular Hbond substituents is 1. The molecule has 1 heterocycles. The van der Waals surface area contributed by atoms with Gasteiger partial charge in [-0.3, -0.25) is 0 Å². The Morgan fingerprint density at radius 2 is 1.71 bits per heavy atom. The van der Waals surface area contributed by atoms with Crippen LogP contribution < -0.4 is 4.72 Å². The summed E-state index contributed by atoms with van der Waals surface area (Å²) >= 11 is 0. The lowest BCUT2D eigenvalue weighted by Gasteiger charge is -2.30. The number of hydrogen-bond donors (Lipinski definition) is 3. The molecule has 1 aliphatic heterocycles. The monoisotopic (exact) mass is 305 g/mol. The van der Waals surface area contributed by atoms with Crippen LogP contribution in [0.3, 0.4) is 0 Å². The number of aliphatic hydroxyl groups is 1. The van der Waals surface area contributed by atoms with Gasteiger partial charge in [0.1, 0.15) is 5.75 Å². The second-order valence-electron chi connectivity index (χ2n) is 5.08. The minimum Gasteiger partial charge on any atom is -0.508 e. The molecule has 0 aliphatic carbocycles. The zero-order chi connectivity index (χ0) is 15.0. The van der Waals surface area contributed by atoms with Gasteiger partial charge in [0.15, 0.2) is 0 Å². The van der Waals surface area contributed by atoms with Gasteiger partial charge in [-0.15, -0.1) is 0 Å². The molecule has 0 amide bonds. The fraction of sp³-hybridized carbons (Fsp3) is 0.200. The van der Waals surface area contributed by atoms with E-state index in [1.54, 1.807) is 30.3 Å². The molecule has 21 heavy (non-hydrogen) atoms. The third kappa shape index (κ3) is 2.65. The van der Waals surface area contributed by atoms with Crippen LogP contribution in [0.2, 0.25) is 0 Å². The van der Waals surface area contributed by atoms with Gasteiger partial charge in [-0.25, -0.2) is 13.1 Å². The van der Waals surface area contributed by atoms with Crippen LogP contribution in [0.25, 0.3) is 0 Å². The number of nitrogens with one attached hydrogen (secondary N) is 1. The van der Waals surface area contributed by atoms with Gasteiger partial charge in [-0.05, 0) is 30.2 Å². The number of hydrogen-bond acceptors (Lipinski definition) is 4. The second kappa shape index (κ2) is 5.14. The fourth-order valence-electron chi connectivity index (χ4n) is 2.55. The molecule has 5 nitrogen and oxygen atoms in total. The minimum absolute atomic E-state index is 0.124. The standard InChI is InChI=1S/C15H15NO4S/c17-11-7-5-10(6-8-11)9-13-15(18)12-3-1-2-4-14(12)21(19,20)16-13/h1-8,13,15-18H,9H2/t13-,15-/m1/s1. The lowest BCUT2D eigenvalue weighted by Crippen LogP contribution is -2.45. The number of phenols is 1. The molecule has 1 aliphatic rings. The maximum atomic E-state index is 12.2. The van der Waals surface area contributed by atoms with Crippen LogP contribution in [-0.2, 0) is 16.4 Å². The van der Waals surface area contributed by atoms with Crippen LogP contribution in [0.1, 0.15) is 17.2 Å². The van der Waals surface area contributed by atoms with Gasteiger partial charge in [0.25, 0.3) is 0 Å². The predicted octanol–water partition coefficient (Wildman–Crippen LogP) is 1.33. The molecule has 0 saturated carbocycles. The van der Waals surface area contributed by atoms with Crippen molar-refractivity contribution >= 4 is 10.0 Å². The summed E-state index contributed by atoms with van der Waals surface area (Å²) in [6.45, 7) is 0. The maximum absolute atomic E-state index is 12.2. The van der Waals surface area contributed by atoms with E-state index in [2.05, 4.69) is 4.72 Å². The zero-order valence-corrected chi connectivity index (χ0v) is 11.9. The summed E-state index contributed by atoms with van der Waals surface area (Å²) in [7, 11) is -3.61. The first kappa shape index (κ1) is 14.1. The van der Waals surface area contributed by atoms with Crippen LogP contribution in [-0.4, -0.2) is 24.7 Å². The van der Waals surface area contributed by atoms with E-state index in [0.29, 0.717) is 12.0 Å². The number of aromatic hydroxyl groups is 1. The quantitative estimate of drug-likeness (QED) is 0.781. The second-order valence-corrected chi connectivity index (χ2v) is 6.76. The molecule has 2 atom stereocenters. The largest absolute Gasteiger partial charge is 0.508 e. The highest BCUT2D eigenvalue weighted by atomic mass is 32.2. The maximum Gasteiger partial charge on any atom is 0.241 e. The Morgan fingerprint density at radius 1 is 1.05 bits per heavy atom. The molecule has 0 radical (unpaired) electrons. The fourth-order valence-corrected chi connectivity index (χ4v) is 4.05. The van der Waals surface area contributed by atoms with E-state index in [1.807, 2.05) is 0 Å². The molecule has 3 N–H and O–H groups in total. The van der Waals surface area contributed by atoms with Crippen LogP contribution in [0.15, 0.2) is 53.4 Å². The van der Waals surface area contributed by atoms with E-state index in [9.17, 15) is 18.6 Å². The van der Waals surface area contributed by atoms with E-state index in [1.165, 1.54) is 18.2 Å². The molecule has 2 aromatic carbocycles. The molecule has 6 heteroatoms. The van der Waals surface area contributed by atoms with Crippen molar-refractivity contribution in [1.82, 2.24) is 4.72 Å². The summed E-state index contributed by atoms with van der Waals surface area (Å²) in [4.78, 5) is 0.124. The van der Waals surface area contributed by atoms with Gasteiger partial charge in [0.2, 0.25) is 10.0 Å². The van der Waals surface area contributed by atoms with Crippen LogP contribution in [0.5, 0.6) is 5.75 Å². The van der Waals surface area contributed by atoms with Gasteiger partial charge >= 0.3 is 0 Å². The average molecular weight is 305 g/mol. The van der Waals surface area contributed by atoms with Crippen molar-refractivity contribution < 1.29 is 18.6 Å². The van der Waals surface area contributed by atoms with E-state index in [4.69, 9.17) is 0 Å². The van der Waals surface area contributed by atoms with Crippen LogP contribution in [0.4, 0.5) is 0 Å². The normalized spacial score (nSPS) is 23.5. The van der Waals surface area contributed by atoms with Crippen molar-refractivity contribution in [3.05, 3.63) is 59.7 Å². The van der Waals surface area contributed by atoms with Crippen LogP contribution >= 0.6 is 0 Å². The highest BCUT2D eigenvalue weighted by Gasteiger charge is 2.35. The Labute approximate surface area is 122 Å². The Hall–Kier alpha value is -1.89. The van der Waals surface area contributed by atoms with E-state index in [0.717, 1.165) is 5.56 Å². The highest BCUT2D eigenvalue weighted by molar-refractivity contribution is 7.89. The Bertz CT molecular complexity index is 755. The first-order chi connectivity index (χ1) is 9.97. The Balaban J connectivity index is 1.94. The molecule has 3 rings (SSSR count). The van der Waals surface area contributed by atoms with Crippen LogP contribution in [0, 0.1) is 0 Å². The van der Waals surface area contributed by atoms with E-state index >= 15 is 0 Å². The molecular weight excluding hydrogens is 290 g/mol. The SMILES string of the molecule is O=S1(=O)N[C@H](Cc2ccc(O)cc2)[C@H](O)c2ccccc21. The predicted molar refractivity (Wildman–Crippen MR) is 77.3 cm³/mol. The van der Waals surface area contributed by atoms with Crippen molar-refractivity contribution in [3.8, 4) is 5.75 Å². The zero-order valence-electron chi connectivity index (χ0n) is 11.1. The van der Waals surface area contributed by atoms with E-state index in [-0.39, 0.29) is 10.6 Å². The lowest BCUT2D eigenvalue weighted by molar-refractivity contribution is 0.131. The van der Waals surface area contributed by atoms with Crippen molar-refractivity contribution in [2.24, 2.45) is 0 Å². The smallest absolute Gasteiger partial charge is 0.241 e. The Kier molecular flexibility index (Phi) is 3.44. The number of sulfonamides is 1. The third-order valence-electron chi connectivity index (χ3n) is 3.61. The first-order valence-corrected chi connectivity index (χ1v) is 8.03. The first-order valence-electron chi connectivity index (χ1n) is 6.54. The molecule has 0 unspecified atom stereocenters. The molecule has 0 fully saturated rings. The number of fused-ring (bicyclic) bond motifs is 1. The van der Waals surface area contributed by atoms with Gasteiger partial charge in [-0.1, -0.05) is 30.3 Å². The van der Waals surface area contributed by atoms with Gasteiger partial charge in [0, 0.05) is 5.56 Å². The Morgan fingerprint density at radius 3 is 2.43 bits per heavy atom. The van der Waals surface area contributed by atoms with Crippen molar-refractivity contribution in [2.45, 2.75) is 23.5 Å². The third-order valence-corrected chi connectivity index (χ3v) is 5.17. The summed E-state index contributed by atoms with van der Waals surface area (Å²) in [6.07, 6.45) is -0.562. The number of aliphatic hydroxyl groups excluding tert-OH is 1. The summed E-state index contributed by atoms with van der Waals surface area (Å²) in [5.74, 6) is 0.147. The van der Waals surface area contributed by atoms with Gasteiger partial charge < -0.3 is 10.2 Å². The average Bonchev–Trinajstić information content (AvgIpc) is 2.47. The van der Waals surface area contributed by atoms with Crippen molar-refractivity contribution in [2.75, 3.05) is 0 Å². The highest BCUT2D eigenvalue weighted by Crippen LogP contribution is 2.31. The molecular formula is C15H15NO4S. The molecule has 0 saturated heterocycles. The minimum atomic E-state index is -3.61. The van der Waals surface area contributed by atoms with Gasteiger partial charge in [0.05, 0.1) is 17.0 Å². The molecule has 2 aromatic rings.